The van der Waals surface area contributed by atoms with Gasteiger partial charge in [0.2, 0.25) is 5.91 Å². The van der Waals surface area contributed by atoms with Crippen LogP contribution in [-0.2, 0) is 20.7 Å². The highest BCUT2D eigenvalue weighted by Gasteiger charge is 2.42. The number of ether oxygens (including phenoxy) is 1. The number of esters is 1. The van der Waals surface area contributed by atoms with Crippen molar-refractivity contribution in [3.8, 4) is 0 Å². The van der Waals surface area contributed by atoms with E-state index < -0.39 is 24.9 Å². The van der Waals surface area contributed by atoms with Gasteiger partial charge in [0.05, 0.1) is 0 Å². The minimum absolute atomic E-state index is 0.0229. The smallest absolute Gasteiger partial charge is 0.340 e. The third-order valence-corrected chi connectivity index (χ3v) is 3.11. The predicted octanol–water partition coefficient (Wildman–Crippen LogP) is 2.96. The molecule has 1 N–H and O–H groups in total. The predicted molar refractivity (Wildman–Crippen MR) is 78.9 cm³/mol. The van der Waals surface area contributed by atoms with Gasteiger partial charge in [-0.2, -0.15) is 8.78 Å². The quantitative estimate of drug-likeness (QED) is 0.522. The molecule has 0 saturated heterocycles. The van der Waals surface area contributed by atoms with Crippen LogP contribution in [-0.4, -0.2) is 37.4 Å². The number of halogens is 4. The Bertz CT molecular complexity index is 523. The Morgan fingerprint density at radius 3 is 2.42 bits per heavy atom. The molecule has 8 heteroatoms. The molecule has 0 fully saturated rings. The van der Waals surface area contributed by atoms with E-state index in [9.17, 15) is 27.2 Å². The van der Waals surface area contributed by atoms with E-state index in [0.29, 0.717) is 13.0 Å². The van der Waals surface area contributed by atoms with Crippen LogP contribution in [0.4, 0.5) is 17.6 Å². The second-order valence-electron chi connectivity index (χ2n) is 5.16. The Morgan fingerprint density at radius 2 is 1.79 bits per heavy atom. The molecule has 1 aromatic carbocycles. The van der Waals surface area contributed by atoms with Gasteiger partial charge in [-0.1, -0.05) is 30.3 Å². The zero-order chi connectivity index (χ0) is 18.0. The minimum atomic E-state index is -4.36. The van der Waals surface area contributed by atoms with Gasteiger partial charge in [-0.05, 0) is 18.4 Å². The van der Waals surface area contributed by atoms with Gasteiger partial charge in [-0.15, -0.1) is 0 Å². The number of hydrogen-bond donors (Lipinski definition) is 1. The fourth-order valence-electron chi connectivity index (χ4n) is 1.78. The monoisotopic (exact) mass is 349 g/mol. The van der Waals surface area contributed by atoms with Gasteiger partial charge in [-0.3, -0.25) is 9.59 Å². The standard InChI is InChI=1S/C16H19F4NO3/c17-15(18)16(19,20)11-24-14(23)8-4-7-13(22)21-10-9-12-5-2-1-3-6-12/h1-3,5-6,15H,4,7-11H2,(H,21,22). The average Bonchev–Trinajstić information content (AvgIpc) is 2.54. The first-order valence-electron chi connectivity index (χ1n) is 7.43. The number of amides is 1. The number of hydrogen-bond acceptors (Lipinski definition) is 3. The minimum Gasteiger partial charge on any atom is -0.459 e. The molecular weight excluding hydrogens is 330 g/mol. The van der Waals surface area contributed by atoms with Crippen molar-refractivity contribution in [2.24, 2.45) is 0 Å². The SMILES string of the molecule is O=C(CCCC(=O)OCC(F)(F)C(F)F)NCCc1ccccc1. The van der Waals surface area contributed by atoms with Crippen LogP contribution in [0.25, 0.3) is 0 Å². The van der Waals surface area contributed by atoms with Crippen LogP contribution in [0, 0.1) is 0 Å². The lowest BCUT2D eigenvalue weighted by Gasteiger charge is -2.14. The second-order valence-corrected chi connectivity index (χ2v) is 5.16. The van der Waals surface area contributed by atoms with Gasteiger partial charge in [0, 0.05) is 19.4 Å². The molecule has 1 rings (SSSR count). The first-order chi connectivity index (χ1) is 11.3. The molecule has 0 spiro atoms. The van der Waals surface area contributed by atoms with Crippen molar-refractivity contribution in [3.63, 3.8) is 0 Å². The fraction of sp³-hybridized carbons (Fsp3) is 0.500. The lowest BCUT2D eigenvalue weighted by molar-refractivity contribution is -0.179. The highest BCUT2D eigenvalue weighted by Crippen LogP contribution is 2.23. The van der Waals surface area contributed by atoms with Gasteiger partial charge in [0.25, 0.3) is 0 Å². The third kappa shape index (κ3) is 7.94. The van der Waals surface area contributed by atoms with Crippen LogP contribution >= 0.6 is 0 Å². The van der Waals surface area contributed by atoms with Gasteiger partial charge in [-0.25, -0.2) is 8.78 Å². The van der Waals surface area contributed by atoms with E-state index in [1.807, 2.05) is 30.3 Å². The Morgan fingerprint density at radius 1 is 1.12 bits per heavy atom. The molecular formula is C16H19F4NO3. The maximum absolute atomic E-state index is 12.5. The summed E-state index contributed by atoms with van der Waals surface area (Å²) in [4.78, 5) is 22.7. The summed E-state index contributed by atoms with van der Waals surface area (Å²) in [5.41, 5.74) is 1.07. The Kier molecular flexibility index (Phi) is 8.21. The summed E-state index contributed by atoms with van der Waals surface area (Å²) in [5, 5.41) is 2.67. The topological polar surface area (TPSA) is 55.4 Å². The van der Waals surface area contributed by atoms with Crippen molar-refractivity contribution in [1.82, 2.24) is 5.32 Å². The van der Waals surface area contributed by atoms with E-state index in [1.165, 1.54) is 0 Å². The maximum atomic E-state index is 12.5. The Hall–Kier alpha value is -2.12. The van der Waals surface area contributed by atoms with Crippen molar-refractivity contribution < 1.29 is 31.9 Å². The van der Waals surface area contributed by atoms with Gasteiger partial charge in [0.15, 0.2) is 6.61 Å². The van der Waals surface area contributed by atoms with Crippen LogP contribution in [0.5, 0.6) is 0 Å². The summed E-state index contributed by atoms with van der Waals surface area (Å²) < 4.78 is 52.9. The number of benzene rings is 1. The second kappa shape index (κ2) is 9.89. The van der Waals surface area contributed by atoms with Gasteiger partial charge < -0.3 is 10.1 Å². The lowest BCUT2D eigenvalue weighted by Crippen LogP contribution is -2.33. The molecule has 134 valence electrons. The summed E-state index contributed by atoms with van der Waals surface area (Å²) in [6.07, 6.45) is -3.39. The van der Waals surface area contributed by atoms with E-state index in [-0.39, 0.29) is 25.2 Å². The molecule has 0 heterocycles. The molecule has 0 aliphatic heterocycles. The molecule has 0 aromatic heterocycles. The Labute approximate surface area is 137 Å². The number of rotatable bonds is 10. The molecule has 0 unspecified atom stereocenters. The average molecular weight is 349 g/mol. The Balaban J connectivity index is 2.11. The molecule has 0 bridgehead atoms. The summed E-state index contributed by atoms with van der Waals surface area (Å²) >= 11 is 0. The molecule has 0 radical (unpaired) electrons. The first kappa shape index (κ1) is 19.9. The van der Waals surface area contributed by atoms with Crippen LogP contribution in [0.15, 0.2) is 30.3 Å². The highest BCUT2D eigenvalue weighted by molar-refractivity contribution is 5.77. The third-order valence-electron chi connectivity index (χ3n) is 3.11. The van der Waals surface area contributed by atoms with E-state index in [2.05, 4.69) is 10.1 Å². The van der Waals surface area contributed by atoms with Crippen molar-refractivity contribution in [2.75, 3.05) is 13.2 Å². The molecule has 1 aromatic rings. The largest absolute Gasteiger partial charge is 0.459 e. The molecule has 24 heavy (non-hydrogen) atoms. The number of carbonyl (C=O) groups is 2. The maximum Gasteiger partial charge on any atom is 0.340 e. The van der Waals surface area contributed by atoms with Gasteiger partial charge >= 0.3 is 18.3 Å². The van der Waals surface area contributed by atoms with E-state index >= 15 is 0 Å². The van der Waals surface area contributed by atoms with E-state index in [1.54, 1.807) is 0 Å². The van der Waals surface area contributed by atoms with Crippen molar-refractivity contribution >= 4 is 11.9 Å². The molecule has 1 amide bonds. The summed E-state index contributed by atoms with van der Waals surface area (Å²) in [5.74, 6) is -5.67. The normalized spacial score (nSPS) is 11.4. The zero-order valence-corrected chi connectivity index (χ0v) is 12.9. The number of alkyl halides is 4. The molecule has 4 nitrogen and oxygen atoms in total. The van der Waals surface area contributed by atoms with Gasteiger partial charge in [0.1, 0.15) is 0 Å². The van der Waals surface area contributed by atoms with Crippen LogP contribution < -0.4 is 5.32 Å². The highest BCUT2D eigenvalue weighted by atomic mass is 19.3. The molecule has 0 saturated carbocycles. The molecule has 0 aliphatic rings. The number of carbonyl (C=O) groups excluding carboxylic acids is 2. The molecule has 0 atom stereocenters. The fourth-order valence-corrected chi connectivity index (χ4v) is 1.78. The van der Waals surface area contributed by atoms with Crippen molar-refractivity contribution in [3.05, 3.63) is 35.9 Å². The molecule has 0 aliphatic carbocycles. The van der Waals surface area contributed by atoms with Crippen LogP contribution in [0.3, 0.4) is 0 Å². The van der Waals surface area contributed by atoms with Crippen molar-refractivity contribution in [1.29, 1.82) is 0 Å². The first-order valence-corrected chi connectivity index (χ1v) is 7.43. The lowest BCUT2D eigenvalue weighted by atomic mass is 10.1. The summed E-state index contributed by atoms with van der Waals surface area (Å²) in [7, 11) is 0. The van der Waals surface area contributed by atoms with Crippen LogP contribution in [0.2, 0.25) is 0 Å². The van der Waals surface area contributed by atoms with Crippen molar-refractivity contribution in [2.45, 2.75) is 38.0 Å². The summed E-state index contributed by atoms with van der Waals surface area (Å²) in [6.45, 7) is -1.22. The summed E-state index contributed by atoms with van der Waals surface area (Å²) in [6, 6.07) is 9.52. The van der Waals surface area contributed by atoms with Crippen LogP contribution in [0.1, 0.15) is 24.8 Å². The van der Waals surface area contributed by atoms with E-state index in [4.69, 9.17) is 0 Å². The van der Waals surface area contributed by atoms with E-state index in [0.717, 1.165) is 5.56 Å². The number of nitrogens with one attached hydrogen (secondary N) is 1. The zero-order valence-electron chi connectivity index (χ0n) is 12.9.